The maximum atomic E-state index is 12.4. The molecule has 0 aliphatic carbocycles. The third-order valence-electron chi connectivity index (χ3n) is 4.35. The first-order valence-electron chi connectivity index (χ1n) is 10.1. The second kappa shape index (κ2) is 11.9. The summed E-state index contributed by atoms with van der Waals surface area (Å²) in [5.41, 5.74) is 0.636. The topological polar surface area (TPSA) is 129 Å². The first-order valence-corrected chi connectivity index (χ1v) is 10.9. The van der Waals surface area contributed by atoms with Crippen LogP contribution in [-0.2, 0) is 14.3 Å². The molecule has 178 valence electrons. The molecule has 2 amide bonds. The Bertz CT molecular complexity index is 1050. The Hall–Kier alpha value is -3.60. The normalized spacial score (nSPS) is 10.2. The van der Waals surface area contributed by atoms with E-state index in [1.165, 1.54) is 26.3 Å². The Morgan fingerprint density at radius 2 is 1.73 bits per heavy atom. The van der Waals surface area contributed by atoms with Gasteiger partial charge in [-0.15, -0.1) is 11.3 Å². The molecule has 0 saturated carbocycles. The van der Waals surface area contributed by atoms with Gasteiger partial charge in [0.1, 0.15) is 5.00 Å². The summed E-state index contributed by atoms with van der Waals surface area (Å²) in [7, 11) is 2.94. The summed E-state index contributed by atoms with van der Waals surface area (Å²) in [6, 6.07) is 4.50. The van der Waals surface area contributed by atoms with Crippen molar-refractivity contribution in [3.05, 3.63) is 39.8 Å². The van der Waals surface area contributed by atoms with Gasteiger partial charge in [-0.05, 0) is 44.5 Å². The number of carbonyl (C=O) groups is 4. The molecule has 0 bridgehead atoms. The van der Waals surface area contributed by atoms with Gasteiger partial charge in [0.2, 0.25) is 0 Å². The molecule has 2 rings (SSSR count). The molecule has 1 aromatic carbocycles. The molecule has 11 heteroatoms. The fourth-order valence-corrected chi connectivity index (χ4v) is 3.99. The minimum Gasteiger partial charge on any atom is -0.493 e. The second-order valence-electron chi connectivity index (χ2n) is 6.48. The van der Waals surface area contributed by atoms with Crippen molar-refractivity contribution in [1.82, 2.24) is 5.32 Å². The highest BCUT2D eigenvalue weighted by atomic mass is 32.1. The second-order valence-corrected chi connectivity index (χ2v) is 7.50. The van der Waals surface area contributed by atoms with E-state index in [0.717, 1.165) is 11.3 Å². The van der Waals surface area contributed by atoms with Gasteiger partial charge < -0.3 is 29.6 Å². The van der Waals surface area contributed by atoms with Crippen LogP contribution >= 0.6 is 11.3 Å². The van der Waals surface area contributed by atoms with E-state index < -0.39 is 30.4 Å². The first-order chi connectivity index (χ1) is 15.8. The summed E-state index contributed by atoms with van der Waals surface area (Å²) in [5.74, 6) is -1.67. The number of hydrogen-bond donors (Lipinski definition) is 2. The minimum atomic E-state index is -0.743. The van der Waals surface area contributed by atoms with Crippen LogP contribution < -0.4 is 20.1 Å². The van der Waals surface area contributed by atoms with Crippen molar-refractivity contribution < 1.29 is 38.1 Å². The number of carbonyl (C=O) groups excluding carboxylic acids is 4. The van der Waals surface area contributed by atoms with E-state index in [2.05, 4.69) is 10.6 Å². The molecule has 33 heavy (non-hydrogen) atoms. The fourth-order valence-electron chi connectivity index (χ4n) is 2.83. The number of anilines is 1. The molecule has 2 N–H and O–H groups in total. The molecule has 0 saturated heterocycles. The predicted octanol–water partition coefficient (Wildman–Crippen LogP) is 2.80. The highest BCUT2D eigenvalue weighted by Gasteiger charge is 2.26. The standard InChI is InChI=1S/C22H26N2O8S/c1-6-30-15-10-13(8-9-14(15)29-5)21(27)32-11-16(25)24-20-17(22(28)31-7-2)12(3)18(33-20)19(26)23-4/h8-10H,6-7,11H2,1-5H3,(H,23,26)(H,24,25). The zero-order chi connectivity index (χ0) is 24.5. The SMILES string of the molecule is CCOC(=O)c1c(NC(=O)COC(=O)c2ccc(OC)c(OCC)c2)sc(C(=O)NC)c1C. The minimum absolute atomic E-state index is 0.0802. The molecule has 0 spiro atoms. The van der Waals surface area contributed by atoms with Gasteiger partial charge in [-0.2, -0.15) is 0 Å². The molecular weight excluding hydrogens is 452 g/mol. The van der Waals surface area contributed by atoms with Crippen molar-refractivity contribution in [2.75, 3.05) is 39.3 Å². The van der Waals surface area contributed by atoms with Gasteiger partial charge in [0.15, 0.2) is 18.1 Å². The number of esters is 2. The van der Waals surface area contributed by atoms with Crippen molar-refractivity contribution in [1.29, 1.82) is 0 Å². The number of methoxy groups -OCH3 is 1. The van der Waals surface area contributed by atoms with Gasteiger partial charge in [0, 0.05) is 7.05 Å². The smallest absolute Gasteiger partial charge is 0.341 e. The number of benzene rings is 1. The van der Waals surface area contributed by atoms with Crippen LogP contribution in [0.4, 0.5) is 5.00 Å². The van der Waals surface area contributed by atoms with Crippen LogP contribution in [-0.4, -0.2) is 57.7 Å². The van der Waals surface area contributed by atoms with Gasteiger partial charge >= 0.3 is 11.9 Å². The van der Waals surface area contributed by atoms with E-state index in [1.54, 1.807) is 26.8 Å². The summed E-state index contributed by atoms with van der Waals surface area (Å²) in [5, 5.41) is 5.14. The third-order valence-corrected chi connectivity index (χ3v) is 5.55. The van der Waals surface area contributed by atoms with E-state index in [-0.39, 0.29) is 27.6 Å². The molecule has 0 radical (unpaired) electrons. The Kier molecular flexibility index (Phi) is 9.22. The number of rotatable bonds is 10. The number of amides is 2. The first kappa shape index (κ1) is 25.7. The fraction of sp³-hybridized carbons (Fsp3) is 0.364. The average Bonchev–Trinajstić information content (AvgIpc) is 3.12. The molecule has 0 aliphatic heterocycles. The molecule has 10 nitrogen and oxygen atoms in total. The van der Waals surface area contributed by atoms with E-state index in [4.69, 9.17) is 18.9 Å². The van der Waals surface area contributed by atoms with Gasteiger partial charge in [-0.25, -0.2) is 9.59 Å². The molecule has 0 unspecified atom stereocenters. The third kappa shape index (κ3) is 6.22. The number of ether oxygens (including phenoxy) is 4. The van der Waals surface area contributed by atoms with E-state index in [1.807, 2.05) is 0 Å². The Balaban J connectivity index is 2.14. The van der Waals surface area contributed by atoms with Crippen LogP contribution in [0, 0.1) is 6.92 Å². The predicted molar refractivity (Wildman–Crippen MR) is 121 cm³/mol. The van der Waals surface area contributed by atoms with Crippen molar-refractivity contribution in [2.24, 2.45) is 0 Å². The summed E-state index contributed by atoms with van der Waals surface area (Å²) in [6.07, 6.45) is 0. The van der Waals surface area contributed by atoms with Crippen LogP contribution in [0.1, 0.15) is 49.8 Å². The lowest BCUT2D eigenvalue weighted by atomic mass is 10.1. The number of thiophene rings is 1. The van der Waals surface area contributed by atoms with Gasteiger partial charge in [-0.3, -0.25) is 9.59 Å². The maximum absolute atomic E-state index is 12.4. The van der Waals surface area contributed by atoms with Gasteiger partial charge in [-0.1, -0.05) is 0 Å². The molecule has 0 atom stereocenters. The molecule has 1 aromatic heterocycles. The van der Waals surface area contributed by atoms with Crippen LogP contribution in [0.2, 0.25) is 0 Å². The van der Waals surface area contributed by atoms with Crippen molar-refractivity contribution in [2.45, 2.75) is 20.8 Å². The lowest BCUT2D eigenvalue weighted by molar-refractivity contribution is -0.119. The highest BCUT2D eigenvalue weighted by molar-refractivity contribution is 7.18. The monoisotopic (exact) mass is 478 g/mol. The van der Waals surface area contributed by atoms with E-state index in [0.29, 0.717) is 23.7 Å². The van der Waals surface area contributed by atoms with Gasteiger partial charge in [0.25, 0.3) is 11.8 Å². The summed E-state index contributed by atoms with van der Waals surface area (Å²) in [4.78, 5) is 49.6. The summed E-state index contributed by atoms with van der Waals surface area (Å²) in [6.45, 7) is 4.92. The van der Waals surface area contributed by atoms with E-state index >= 15 is 0 Å². The molecule has 0 fully saturated rings. The average molecular weight is 479 g/mol. The maximum Gasteiger partial charge on any atom is 0.341 e. The molecular formula is C22H26N2O8S. The van der Waals surface area contributed by atoms with Crippen LogP contribution in [0.15, 0.2) is 18.2 Å². The summed E-state index contributed by atoms with van der Waals surface area (Å²) < 4.78 is 20.7. The lowest BCUT2D eigenvalue weighted by Gasteiger charge is -2.11. The van der Waals surface area contributed by atoms with Gasteiger partial charge in [0.05, 0.1) is 36.3 Å². The van der Waals surface area contributed by atoms with Crippen molar-refractivity contribution in [3.8, 4) is 11.5 Å². The Labute approximate surface area is 195 Å². The zero-order valence-electron chi connectivity index (χ0n) is 19.0. The van der Waals surface area contributed by atoms with Crippen molar-refractivity contribution in [3.63, 3.8) is 0 Å². The Morgan fingerprint density at radius 3 is 2.33 bits per heavy atom. The van der Waals surface area contributed by atoms with Crippen LogP contribution in [0.25, 0.3) is 0 Å². The van der Waals surface area contributed by atoms with Crippen LogP contribution in [0.3, 0.4) is 0 Å². The van der Waals surface area contributed by atoms with Crippen molar-refractivity contribution >= 4 is 40.1 Å². The number of hydrogen-bond acceptors (Lipinski definition) is 9. The lowest BCUT2D eigenvalue weighted by Crippen LogP contribution is -2.21. The zero-order valence-corrected chi connectivity index (χ0v) is 19.8. The van der Waals surface area contributed by atoms with Crippen LogP contribution in [0.5, 0.6) is 11.5 Å². The quantitative estimate of drug-likeness (QED) is 0.499. The highest BCUT2D eigenvalue weighted by Crippen LogP contribution is 2.34. The Morgan fingerprint density at radius 1 is 1.00 bits per heavy atom. The molecule has 2 aromatic rings. The molecule has 0 aliphatic rings. The van der Waals surface area contributed by atoms with E-state index in [9.17, 15) is 19.2 Å². The summed E-state index contributed by atoms with van der Waals surface area (Å²) >= 11 is 0.928. The number of nitrogens with one attached hydrogen (secondary N) is 2. The largest absolute Gasteiger partial charge is 0.493 e. The molecule has 1 heterocycles.